The van der Waals surface area contributed by atoms with Crippen molar-refractivity contribution < 1.29 is 9.90 Å². The van der Waals surface area contributed by atoms with E-state index in [2.05, 4.69) is 37.9 Å². The van der Waals surface area contributed by atoms with Gasteiger partial charge >= 0.3 is 0 Å². The molecule has 2 aromatic carbocycles. The Labute approximate surface area is 217 Å². The Morgan fingerprint density at radius 3 is 2.41 bits per heavy atom. The number of β-amino-alcohol motifs (C(OH)–C–C–N with tert-alkyl or cyclic N) is 1. The average molecular weight is 500 g/mol. The number of carbonyl (C=O) groups is 1. The van der Waals surface area contributed by atoms with Gasteiger partial charge in [0.25, 0.3) is 5.91 Å². The lowest BCUT2D eigenvalue weighted by atomic mass is 10.1. The third-order valence-corrected chi connectivity index (χ3v) is 7.14. The van der Waals surface area contributed by atoms with Crippen molar-refractivity contribution in [2.24, 2.45) is 0 Å². The van der Waals surface area contributed by atoms with Crippen LogP contribution in [0.1, 0.15) is 33.0 Å². The molecule has 2 N–H and O–H groups in total. The molecule has 1 saturated heterocycles. The van der Waals surface area contributed by atoms with Gasteiger partial charge in [-0.2, -0.15) is 5.26 Å². The fourth-order valence-electron chi connectivity index (χ4n) is 5.09. The smallest absolute Gasteiger partial charge is 0.274 e. The Kier molecular flexibility index (Phi) is 7.80. The maximum absolute atomic E-state index is 14.0. The molecule has 2 aliphatic rings. The monoisotopic (exact) mass is 499 g/mol. The number of anilines is 1. The number of imidazole rings is 1. The van der Waals surface area contributed by atoms with Crippen LogP contribution in [0.2, 0.25) is 0 Å². The van der Waals surface area contributed by atoms with Crippen molar-refractivity contribution in [1.82, 2.24) is 24.3 Å². The standard InChI is InChI=1S/C28H33N7O2/c29-18-23-8-4-5-9-24(23)20-34-11-10-30-27-26(28(34)37)35(19-22-6-2-1-3-7-22)25(31-27)21-33-14-12-32(13-15-33)16-17-36/h1-9,30,36H,10-17,19-21H2. The number of nitrogens with one attached hydrogen (secondary N) is 1. The van der Waals surface area contributed by atoms with Gasteiger partial charge in [-0.3, -0.25) is 14.6 Å². The van der Waals surface area contributed by atoms with Crippen molar-refractivity contribution in [3.63, 3.8) is 0 Å². The highest BCUT2D eigenvalue weighted by Gasteiger charge is 2.31. The molecule has 0 atom stereocenters. The molecule has 1 aromatic heterocycles. The van der Waals surface area contributed by atoms with E-state index in [1.54, 1.807) is 6.07 Å². The van der Waals surface area contributed by atoms with Crippen LogP contribution < -0.4 is 5.32 Å². The van der Waals surface area contributed by atoms with Crippen molar-refractivity contribution in [3.05, 3.63) is 82.8 Å². The Bertz CT molecular complexity index is 1260. The minimum atomic E-state index is -0.0739. The number of carbonyl (C=O) groups excluding carboxylic acids is 1. The maximum atomic E-state index is 14.0. The summed E-state index contributed by atoms with van der Waals surface area (Å²) >= 11 is 0. The molecule has 3 aromatic rings. The average Bonchev–Trinajstić information content (AvgIpc) is 3.17. The van der Waals surface area contributed by atoms with Crippen molar-refractivity contribution >= 4 is 11.7 Å². The molecule has 0 bridgehead atoms. The van der Waals surface area contributed by atoms with Crippen LogP contribution in [0.25, 0.3) is 0 Å². The van der Waals surface area contributed by atoms with E-state index in [9.17, 15) is 15.2 Å². The SMILES string of the molecule is N#Cc1ccccc1CN1CCNc2nc(CN3CCN(CCO)CC3)n(Cc3ccccc3)c2C1=O. The van der Waals surface area contributed by atoms with Crippen LogP contribution in [0.3, 0.4) is 0 Å². The number of piperazine rings is 1. The summed E-state index contributed by atoms with van der Waals surface area (Å²) in [6, 6.07) is 19.8. The van der Waals surface area contributed by atoms with Gasteiger partial charge in [-0.15, -0.1) is 0 Å². The van der Waals surface area contributed by atoms with Gasteiger partial charge in [0.15, 0.2) is 11.5 Å². The molecular formula is C28H33N7O2. The normalized spacial score (nSPS) is 16.6. The van der Waals surface area contributed by atoms with E-state index in [0.717, 1.165) is 43.1 Å². The lowest BCUT2D eigenvalue weighted by Gasteiger charge is -2.34. The van der Waals surface area contributed by atoms with Gasteiger partial charge in [-0.1, -0.05) is 48.5 Å². The number of nitrogens with zero attached hydrogens (tertiary/aromatic N) is 6. The Hall–Kier alpha value is -3.71. The Morgan fingerprint density at radius 2 is 1.65 bits per heavy atom. The quantitative estimate of drug-likeness (QED) is 0.489. The molecule has 0 aliphatic carbocycles. The highest BCUT2D eigenvalue weighted by atomic mass is 16.3. The summed E-state index contributed by atoms with van der Waals surface area (Å²) in [6.45, 7) is 7.18. The predicted molar refractivity (Wildman–Crippen MR) is 141 cm³/mol. The third-order valence-electron chi connectivity index (χ3n) is 7.14. The van der Waals surface area contributed by atoms with Crippen LogP contribution in [0, 0.1) is 11.3 Å². The van der Waals surface area contributed by atoms with E-state index in [4.69, 9.17) is 4.98 Å². The van der Waals surface area contributed by atoms with Crippen molar-refractivity contribution in [2.45, 2.75) is 19.6 Å². The molecule has 37 heavy (non-hydrogen) atoms. The molecule has 0 spiro atoms. The molecule has 3 heterocycles. The van der Waals surface area contributed by atoms with E-state index >= 15 is 0 Å². The fourth-order valence-corrected chi connectivity index (χ4v) is 5.09. The second-order valence-electron chi connectivity index (χ2n) is 9.56. The Balaban J connectivity index is 1.44. The Morgan fingerprint density at radius 1 is 0.919 bits per heavy atom. The third kappa shape index (κ3) is 5.67. The molecular weight excluding hydrogens is 466 g/mol. The number of aliphatic hydroxyl groups excluding tert-OH is 1. The van der Waals surface area contributed by atoms with Gasteiger partial charge in [0.2, 0.25) is 0 Å². The first kappa shape index (κ1) is 25.0. The molecule has 9 heteroatoms. The molecule has 2 aliphatic heterocycles. The van der Waals surface area contributed by atoms with Gasteiger partial charge in [0.1, 0.15) is 5.82 Å². The lowest BCUT2D eigenvalue weighted by Crippen LogP contribution is -2.47. The zero-order chi connectivity index (χ0) is 25.6. The van der Waals surface area contributed by atoms with Gasteiger partial charge < -0.3 is 19.9 Å². The van der Waals surface area contributed by atoms with Gasteiger partial charge in [0, 0.05) is 58.9 Å². The van der Waals surface area contributed by atoms with E-state index in [1.165, 1.54) is 0 Å². The summed E-state index contributed by atoms with van der Waals surface area (Å²) in [5.74, 6) is 1.42. The molecule has 0 unspecified atom stereocenters. The predicted octanol–water partition coefficient (Wildman–Crippen LogP) is 1.98. The number of nitriles is 1. The topological polar surface area (TPSA) is 101 Å². The molecule has 0 saturated carbocycles. The van der Waals surface area contributed by atoms with Crippen molar-refractivity contribution in [1.29, 1.82) is 5.26 Å². The molecule has 1 amide bonds. The second-order valence-corrected chi connectivity index (χ2v) is 9.56. The first-order valence-corrected chi connectivity index (χ1v) is 12.9. The molecule has 5 rings (SSSR count). The summed E-state index contributed by atoms with van der Waals surface area (Å²) in [5.41, 5.74) is 3.11. The first-order chi connectivity index (χ1) is 18.2. The summed E-state index contributed by atoms with van der Waals surface area (Å²) in [4.78, 5) is 25.4. The number of aliphatic hydroxyl groups is 1. The minimum Gasteiger partial charge on any atom is -0.395 e. The summed E-state index contributed by atoms with van der Waals surface area (Å²) in [5, 5.41) is 22.2. The highest BCUT2D eigenvalue weighted by Crippen LogP contribution is 2.26. The largest absolute Gasteiger partial charge is 0.395 e. The van der Waals surface area contributed by atoms with E-state index in [0.29, 0.717) is 56.3 Å². The number of rotatable bonds is 8. The van der Waals surface area contributed by atoms with Gasteiger partial charge in [0.05, 0.1) is 24.8 Å². The highest BCUT2D eigenvalue weighted by molar-refractivity contribution is 5.98. The fraction of sp³-hybridized carbons (Fsp3) is 0.393. The molecule has 9 nitrogen and oxygen atoms in total. The van der Waals surface area contributed by atoms with Gasteiger partial charge in [-0.25, -0.2) is 4.98 Å². The minimum absolute atomic E-state index is 0.0739. The first-order valence-electron chi connectivity index (χ1n) is 12.9. The van der Waals surface area contributed by atoms with Crippen LogP contribution in [0.15, 0.2) is 54.6 Å². The number of hydrogen-bond donors (Lipinski definition) is 2. The lowest BCUT2D eigenvalue weighted by molar-refractivity contribution is 0.0743. The number of fused-ring (bicyclic) bond motifs is 1. The maximum Gasteiger partial charge on any atom is 0.274 e. The van der Waals surface area contributed by atoms with E-state index in [-0.39, 0.29) is 12.5 Å². The van der Waals surface area contributed by atoms with E-state index in [1.807, 2.05) is 41.3 Å². The second kappa shape index (κ2) is 11.6. The van der Waals surface area contributed by atoms with Crippen LogP contribution in [-0.2, 0) is 19.6 Å². The van der Waals surface area contributed by atoms with Crippen LogP contribution >= 0.6 is 0 Å². The van der Waals surface area contributed by atoms with Gasteiger partial charge in [-0.05, 0) is 17.2 Å². The summed E-state index contributed by atoms with van der Waals surface area (Å²) in [7, 11) is 0. The van der Waals surface area contributed by atoms with Crippen LogP contribution in [0.4, 0.5) is 5.82 Å². The molecule has 1 fully saturated rings. The molecule has 192 valence electrons. The van der Waals surface area contributed by atoms with Crippen molar-refractivity contribution in [2.75, 3.05) is 57.7 Å². The zero-order valence-electron chi connectivity index (χ0n) is 21.0. The summed E-state index contributed by atoms with van der Waals surface area (Å²) < 4.78 is 2.06. The number of benzene rings is 2. The van der Waals surface area contributed by atoms with E-state index < -0.39 is 0 Å². The number of amides is 1. The number of aromatic nitrogens is 2. The number of hydrogen-bond acceptors (Lipinski definition) is 7. The zero-order valence-corrected chi connectivity index (χ0v) is 21.0. The summed E-state index contributed by atoms with van der Waals surface area (Å²) in [6.07, 6.45) is 0. The van der Waals surface area contributed by atoms with Crippen LogP contribution in [-0.4, -0.2) is 87.7 Å². The molecule has 0 radical (unpaired) electrons. The van der Waals surface area contributed by atoms with Crippen LogP contribution in [0.5, 0.6) is 0 Å². The van der Waals surface area contributed by atoms with Crippen molar-refractivity contribution in [3.8, 4) is 6.07 Å².